The summed E-state index contributed by atoms with van der Waals surface area (Å²) in [5, 5.41) is 6.28. The molecule has 9 heteroatoms. The van der Waals surface area contributed by atoms with Gasteiger partial charge in [0.2, 0.25) is 5.91 Å². The minimum absolute atomic E-state index is 0.240. The number of halogens is 3. The van der Waals surface area contributed by atoms with E-state index in [9.17, 15) is 18.0 Å². The van der Waals surface area contributed by atoms with Crippen molar-refractivity contribution >= 4 is 11.9 Å². The zero-order chi connectivity index (χ0) is 20.1. The van der Waals surface area contributed by atoms with E-state index < -0.39 is 12.7 Å². The number of guanidine groups is 1. The van der Waals surface area contributed by atoms with Gasteiger partial charge in [0.25, 0.3) is 0 Å². The number of nitrogens with zero attached hydrogens (tertiary/aromatic N) is 3. The molecule has 27 heavy (non-hydrogen) atoms. The molecule has 158 valence electrons. The van der Waals surface area contributed by atoms with E-state index in [2.05, 4.69) is 15.6 Å². The highest BCUT2D eigenvalue weighted by atomic mass is 19.4. The van der Waals surface area contributed by atoms with Crippen LogP contribution in [0.25, 0.3) is 0 Å². The standard InChI is InChI=1S/C18H34F3N5O/c1-3-22-17(23-10-7-12-25(2)15-18(19,20)21)24-11-8-14-26-13-6-4-5-9-16(26)27/h3-15H2,1-2H3,(H2,22,23,24). The normalized spacial score (nSPS) is 16.6. The minimum atomic E-state index is -4.16. The zero-order valence-corrected chi connectivity index (χ0v) is 16.6. The molecule has 0 aromatic carbocycles. The smallest absolute Gasteiger partial charge is 0.357 e. The lowest BCUT2D eigenvalue weighted by atomic mass is 10.2. The van der Waals surface area contributed by atoms with E-state index in [1.54, 1.807) is 0 Å². The molecular formula is C18H34F3N5O. The van der Waals surface area contributed by atoms with Crippen molar-refractivity contribution in [3.8, 4) is 0 Å². The summed E-state index contributed by atoms with van der Waals surface area (Å²) < 4.78 is 36.9. The maximum absolute atomic E-state index is 12.3. The van der Waals surface area contributed by atoms with E-state index in [1.807, 2.05) is 11.8 Å². The van der Waals surface area contributed by atoms with Gasteiger partial charge >= 0.3 is 6.18 Å². The van der Waals surface area contributed by atoms with E-state index in [4.69, 9.17) is 0 Å². The van der Waals surface area contributed by atoms with Crippen LogP contribution in [-0.4, -0.2) is 80.7 Å². The quantitative estimate of drug-likeness (QED) is 0.339. The summed E-state index contributed by atoms with van der Waals surface area (Å²) in [6, 6.07) is 0. The van der Waals surface area contributed by atoms with Gasteiger partial charge in [0.15, 0.2) is 5.96 Å². The summed E-state index contributed by atoms with van der Waals surface area (Å²) in [6.45, 7) is 4.87. The second kappa shape index (κ2) is 12.8. The van der Waals surface area contributed by atoms with Gasteiger partial charge in [-0.1, -0.05) is 6.42 Å². The van der Waals surface area contributed by atoms with Crippen molar-refractivity contribution < 1.29 is 18.0 Å². The molecule has 0 aromatic heterocycles. The number of hydrogen-bond acceptors (Lipinski definition) is 3. The first-order valence-electron chi connectivity index (χ1n) is 9.87. The summed E-state index contributed by atoms with van der Waals surface area (Å²) in [5.74, 6) is 0.905. The maximum atomic E-state index is 12.3. The molecule has 0 bridgehead atoms. The number of hydrogen-bond donors (Lipinski definition) is 2. The predicted octanol–water partition coefficient (Wildman–Crippen LogP) is 2.22. The van der Waals surface area contributed by atoms with Gasteiger partial charge in [-0.3, -0.25) is 14.7 Å². The van der Waals surface area contributed by atoms with Crippen LogP contribution in [0.4, 0.5) is 13.2 Å². The maximum Gasteiger partial charge on any atom is 0.401 e. The third-order valence-electron chi connectivity index (χ3n) is 4.33. The zero-order valence-electron chi connectivity index (χ0n) is 16.6. The van der Waals surface area contributed by atoms with Gasteiger partial charge in [0.05, 0.1) is 6.54 Å². The van der Waals surface area contributed by atoms with Crippen LogP contribution in [0.3, 0.4) is 0 Å². The first kappa shape index (κ1) is 23.5. The third-order valence-corrected chi connectivity index (χ3v) is 4.33. The largest absolute Gasteiger partial charge is 0.401 e. The average Bonchev–Trinajstić information content (AvgIpc) is 2.78. The Labute approximate surface area is 160 Å². The molecule has 1 saturated heterocycles. The molecule has 0 aliphatic carbocycles. The lowest BCUT2D eigenvalue weighted by Gasteiger charge is -2.20. The summed E-state index contributed by atoms with van der Waals surface area (Å²) in [4.78, 5) is 19.6. The fourth-order valence-corrected chi connectivity index (χ4v) is 3.01. The lowest BCUT2D eigenvalue weighted by Crippen LogP contribution is -2.39. The molecule has 6 nitrogen and oxygen atoms in total. The molecule has 1 fully saturated rings. The van der Waals surface area contributed by atoms with Gasteiger partial charge < -0.3 is 15.5 Å². The number of nitrogens with one attached hydrogen (secondary N) is 2. The summed E-state index contributed by atoms with van der Waals surface area (Å²) in [6.07, 6.45) is 1.06. The molecular weight excluding hydrogens is 359 g/mol. The van der Waals surface area contributed by atoms with E-state index in [-0.39, 0.29) is 5.91 Å². The van der Waals surface area contributed by atoms with Crippen molar-refractivity contribution in [2.75, 3.05) is 52.9 Å². The molecule has 0 atom stereocenters. The van der Waals surface area contributed by atoms with Gasteiger partial charge in [-0.25, -0.2) is 0 Å². The van der Waals surface area contributed by atoms with Crippen molar-refractivity contribution in [3.63, 3.8) is 0 Å². The van der Waals surface area contributed by atoms with Crippen LogP contribution >= 0.6 is 0 Å². The predicted molar refractivity (Wildman–Crippen MR) is 102 cm³/mol. The number of alkyl halides is 3. The first-order valence-corrected chi connectivity index (χ1v) is 9.87. The van der Waals surface area contributed by atoms with Crippen molar-refractivity contribution in [2.45, 2.75) is 51.6 Å². The lowest BCUT2D eigenvalue weighted by molar-refractivity contribution is -0.143. The fraction of sp³-hybridized carbons (Fsp3) is 0.889. The molecule has 1 heterocycles. The summed E-state index contributed by atoms with van der Waals surface area (Å²) in [7, 11) is 1.47. The topological polar surface area (TPSA) is 60.0 Å². The van der Waals surface area contributed by atoms with Crippen LogP contribution < -0.4 is 10.6 Å². The minimum Gasteiger partial charge on any atom is -0.357 e. The van der Waals surface area contributed by atoms with Crippen molar-refractivity contribution in [3.05, 3.63) is 0 Å². The van der Waals surface area contributed by atoms with Gasteiger partial charge in [-0.15, -0.1) is 0 Å². The van der Waals surface area contributed by atoms with Gasteiger partial charge in [-0.2, -0.15) is 13.2 Å². The highest BCUT2D eigenvalue weighted by Gasteiger charge is 2.28. The van der Waals surface area contributed by atoms with Crippen molar-refractivity contribution in [1.29, 1.82) is 0 Å². The second-order valence-electron chi connectivity index (χ2n) is 6.94. The van der Waals surface area contributed by atoms with Crippen molar-refractivity contribution in [1.82, 2.24) is 20.4 Å². The van der Waals surface area contributed by atoms with E-state index in [0.29, 0.717) is 45.0 Å². The van der Waals surface area contributed by atoms with Crippen molar-refractivity contribution in [2.24, 2.45) is 4.99 Å². The third kappa shape index (κ3) is 11.7. The average molecular weight is 393 g/mol. The summed E-state index contributed by atoms with van der Waals surface area (Å²) >= 11 is 0. The number of aliphatic imine (C=N–C) groups is 1. The number of carbonyl (C=O) groups is 1. The molecule has 0 aromatic rings. The Morgan fingerprint density at radius 2 is 2.00 bits per heavy atom. The summed E-state index contributed by atoms with van der Waals surface area (Å²) in [5.41, 5.74) is 0. The Bertz CT molecular complexity index is 457. The molecule has 0 radical (unpaired) electrons. The molecule has 2 N–H and O–H groups in total. The molecule has 0 spiro atoms. The van der Waals surface area contributed by atoms with E-state index in [1.165, 1.54) is 11.9 Å². The molecule has 1 amide bonds. The van der Waals surface area contributed by atoms with Crippen LogP contribution in [0.2, 0.25) is 0 Å². The first-order chi connectivity index (χ1) is 12.8. The molecule has 1 aliphatic heterocycles. The Balaban J connectivity index is 2.26. The Hall–Kier alpha value is -1.51. The fourth-order valence-electron chi connectivity index (χ4n) is 3.01. The Morgan fingerprint density at radius 3 is 2.70 bits per heavy atom. The second-order valence-corrected chi connectivity index (χ2v) is 6.94. The SMILES string of the molecule is CCNC(=NCCCN1CCCCCC1=O)NCCCN(C)CC(F)(F)F. The molecule has 0 saturated carbocycles. The van der Waals surface area contributed by atoms with Crippen LogP contribution in [-0.2, 0) is 4.79 Å². The molecule has 1 rings (SSSR count). The number of carbonyl (C=O) groups excluding carboxylic acids is 1. The Kier molecular flexibility index (Phi) is 11.2. The van der Waals surface area contributed by atoms with Crippen LogP contribution in [0.15, 0.2) is 4.99 Å². The Morgan fingerprint density at radius 1 is 1.22 bits per heavy atom. The monoisotopic (exact) mass is 393 g/mol. The van der Waals surface area contributed by atoms with Crippen LogP contribution in [0.5, 0.6) is 0 Å². The van der Waals surface area contributed by atoms with Gasteiger partial charge in [0.1, 0.15) is 0 Å². The number of likely N-dealkylation sites (tertiary alicyclic amines) is 1. The highest BCUT2D eigenvalue weighted by molar-refractivity contribution is 5.79. The number of rotatable bonds is 10. The van der Waals surface area contributed by atoms with Crippen LogP contribution in [0.1, 0.15) is 45.4 Å². The molecule has 1 aliphatic rings. The van der Waals surface area contributed by atoms with Crippen LogP contribution in [0, 0.1) is 0 Å². The van der Waals surface area contributed by atoms with Gasteiger partial charge in [0, 0.05) is 39.1 Å². The highest BCUT2D eigenvalue weighted by Crippen LogP contribution is 2.15. The van der Waals surface area contributed by atoms with E-state index >= 15 is 0 Å². The van der Waals surface area contributed by atoms with Gasteiger partial charge in [-0.05, 0) is 46.2 Å². The van der Waals surface area contributed by atoms with E-state index in [0.717, 1.165) is 38.8 Å². The number of amides is 1. The molecule has 0 unspecified atom stereocenters.